The summed E-state index contributed by atoms with van der Waals surface area (Å²) in [4.78, 5) is 13.8. The number of hydrogen-bond donors (Lipinski definition) is 2. The van der Waals surface area contributed by atoms with Gasteiger partial charge >= 0.3 is 0 Å². The monoisotopic (exact) mass is 257 g/mol. The highest BCUT2D eigenvalue weighted by Crippen LogP contribution is 2.16. The van der Waals surface area contributed by atoms with Crippen molar-refractivity contribution in [1.29, 1.82) is 0 Å². The van der Waals surface area contributed by atoms with E-state index in [1.54, 1.807) is 7.11 Å². The molecule has 18 heavy (non-hydrogen) atoms. The molecule has 1 aliphatic heterocycles. The topological polar surface area (TPSA) is 53.6 Å². The van der Waals surface area contributed by atoms with Gasteiger partial charge in [0.2, 0.25) is 5.91 Å². The number of nitrogens with zero attached hydrogens (tertiary/aromatic N) is 1. The number of carbonyl (C=O) groups excluding carboxylic acids is 1. The summed E-state index contributed by atoms with van der Waals surface area (Å²) in [5, 5.41) is 5.99. The van der Waals surface area contributed by atoms with E-state index in [1.165, 1.54) is 25.8 Å². The molecule has 1 unspecified atom stereocenters. The highest BCUT2D eigenvalue weighted by Gasteiger charge is 2.17. The second-order valence-electron chi connectivity index (χ2n) is 4.94. The Hall–Kier alpha value is -0.650. The van der Waals surface area contributed by atoms with Crippen LogP contribution in [0.2, 0.25) is 0 Å². The van der Waals surface area contributed by atoms with Gasteiger partial charge in [0, 0.05) is 19.7 Å². The van der Waals surface area contributed by atoms with Crippen LogP contribution in [-0.2, 0) is 9.53 Å². The Morgan fingerprint density at radius 2 is 2.22 bits per heavy atom. The summed E-state index contributed by atoms with van der Waals surface area (Å²) >= 11 is 0. The Labute approximate surface area is 110 Å². The van der Waals surface area contributed by atoms with Crippen molar-refractivity contribution < 1.29 is 9.53 Å². The van der Waals surface area contributed by atoms with Gasteiger partial charge in [-0.1, -0.05) is 6.42 Å². The van der Waals surface area contributed by atoms with E-state index in [-0.39, 0.29) is 5.91 Å². The predicted octanol–water partition coefficient (Wildman–Crippen LogP) is 0.213. The zero-order chi connectivity index (χ0) is 13.2. The molecule has 0 aromatic rings. The zero-order valence-corrected chi connectivity index (χ0v) is 11.7. The SMILES string of the molecule is COCCNC(=O)CNCCC1CCCCN1C. The van der Waals surface area contributed by atoms with Crippen LogP contribution in [-0.4, -0.2) is 63.8 Å². The smallest absolute Gasteiger partial charge is 0.234 e. The number of carbonyl (C=O) groups is 1. The third kappa shape index (κ3) is 6.33. The van der Waals surface area contributed by atoms with Crippen LogP contribution in [0.25, 0.3) is 0 Å². The van der Waals surface area contributed by atoms with Crippen molar-refractivity contribution in [1.82, 2.24) is 15.5 Å². The van der Waals surface area contributed by atoms with Gasteiger partial charge in [0.05, 0.1) is 13.2 Å². The quantitative estimate of drug-likeness (QED) is 0.611. The normalized spacial score (nSPS) is 20.9. The van der Waals surface area contributed by atoms with Gasteiger partial charge in [0.1, 0.15) is 0 Å². The standard InChI is InChI=1S/C13H27N3O2/c1-16-9-4-3-5-12(16)6-7-14-11-13(17)15-8-10-18-2/h12,14H,3-11H2,1-2H3,(H,15,17). The highest BCUT2D eigenvalue weighted by molar-refractivity contribution is 5.77. The van der Waals surface area contributed by atoms with E-state index in [2.05, 4.69) is 22.6 Å². The number of hydrogen-bond acceptors (Lipinski definition) is 4. The van der Waals surface area contributed by atoms with E-state index in [4.69, 9.17) is 4.74 Å². The fourth-order valence-electron chi connectivity index (χ4n) is 2.33. The average Bonchev–Trinajstić information content (AvgIpc) is 2.37. The Morgan fingerprint density at radius 1 is 1.39 bits per heavy atom. The molecule has 1 amide bonds. The summed E-state index contributed by atoms with van der Waals surface area (Å²) in [6.45, 7) is 3.68. The first-order chi connectivity index (χ1) is 8.74. The number of ether oxygens (including phenoxy) is 1. The number of methoxy groups -OCH3 is 1. The molecule has 0 aromatic heterocycles. The van der Waals surface area contributed by atoms with Gasteiger partial charge in [-0.15, -0.1) is 0 Å². The molecule has 5 nitrogen and oxygen atoms in total. The van der Waals surface area contributed by atoms with Crippen LogP contribution < -0.4 is 10.6 Å². The van der Waals surface area contributed by atoms with Crippen molar-refractivity contribution >= 4 is 5.91 Å². The Bertz CT molecular complexity index is 236. The van der Waals surface area contributed by atoms with E-state index in [0.29, 0.717) is 25.7 Å². The molecule has 0 spiro atoms. The molecule has 1 rings (SSSR count). The van der Waals surface area contributed by atoms with Crippen LogP contribution in [0.5, 0.6) is 0 Å². The minimum absolute atomic E-state index is 0.0454. The minimum atomic E-state index is 0.0454. The van der Waals surface area contributed by atoms with E-state index < -0.39 is 0 Å². The molecule has 0 radical (unpaired) electrons. The second-order valence-corrected chi connectivity index (χ2v) is 4.94. The summed E-state index contributed by atoms with van der Waals surface area (Å²) in [5.74, 6) is 0.0454. The van der Waals surface area contributed by atoms with Gasteiger partial charge in [0.15, 0.2) is 0 Å². The third-order valence-corrected chi connectivity index (χ3v) is 3.49. The fourth-order valence-corrected chi connectivity index (χ4v) is 2.33. The van der Waals surface area contributed by atoms with Gasteiger partial charge in [-0.05, 0) is 39.4 Å². The number of likely N-dealkylation sites (tertiary alicyclic amines) is 1. The average molecular weight is 257 g/mol. The maximum Gasteiger partial charge on any atom is 0.234 e. The van der Waals surface area contributed by atoms with Crippen LogP contribution in [0, 0.1) is 0 Å². The summed E-state index contributed by atoms with van der Waals surface area (Å²) in [6.07, 6.45) is 5.08. The lowest BCUT2D eigenvalue weighted by Crippen LogP contribution is -2.40. The summed E-state index contributed by atoms with van der Waals surface area (Å²) in [7, 11) is 3.83. The summed E-state index contributed by atoms with van der Waals surface area (Å²) in [5.41, 5.74) is 0. The van der Waals surface area contributed by atoms with Crippen molar-refractivity contribution in [2.24, 2.45) is 0 Å². The third-order valence-electron chi connectivity index (χ3n) is 3.49. The van der Waals surface area contributed by atoms with Gasteiger partial charge in [-0.3, -0.25) is 4.79 Å². The lowest BCUT2D eigenvalue weighted by Gasteiger charge is -2.32. The Kier molecular flexibility index (Phi) is 7.96. The van der Waals surface area contributed by atoms with Crippen molar-refractivity contribution in [3.05, 3.63) is 0 Å². The molecular formula is C13H27N3O2. The molecular weight excluding hydrogens is 230 g/mol. The van der Waals surface area contributed by atoms with Crippen LogP contribution >= 0.6 is 0 Å². The number of piperidine rings is 1. The predicted molar refractivity (Wildman–Crippen MR) is 72.6 cm³/mol. The first-order valence-corrected chi connectivity index (χ1v) is 6.90. The summed E-state index contributed by atoms with van der Waals surface area (Å²) in [6, 6.07) is 0.683. The fraction of sp³-hybridized carbons (Fsp3) is 0.923. The first kappa shape index (κ1) is 15.4. The molecule has 2 N–H and O–H groups in total. The van der Waals surface area contributed by atoms with Crippen molar-refractivity contribution in [3.63, 3.8) is 0 Å². The van der Waals surface area contributed by atoms with Gasteiger partial charge < -0.3 is 20.3 Å². The van der Waals surface area contributed by atoms with Crippen molar-refractivity contribution in [2.75, 3.05) is 46.9 Å². The molecule has 1 fully saturated rings. The number of nitrogens with one attached hydrogen (secondary N) is 2. The molecule has 1 heterocycles. The van der Waals surface area contributed by atoms with Crippen LogP contribution in [0.3, 0.4) is 0 Å². The Morgan fingerprint density at radius 3 is 2.94 bits per heavy atom. The second kappa shape index (κ2) is 9.30. The molecule has 5 heteroatoms. The maximum atomic E-state index is 11.4. The first-order valence-electron chi connectivity index (χ1n) is 6.90. The van der Waals surface area contributed by atoms with E-state index >= 15 is 0 Å². The maximum absolute atomic E-state index is 11.4. The molecule has 1 saturated heterocycles. The van der Waals surface area contributed by atoms with Gasteiger partial charge in [0.25, 0.3) is 0 Å². The molecule has 106 valence electrons. The van der Waals surface area contributed by atoms with Crippen molar-refractivity contribution in [3.8, 4) is 0 Å². The zero-order valence-electron chi connectivity index (χ0n) is 11.7. The molecule has 0 saturated carbocycles. The lowest BCUT2D eigenvalue weighted by atomic mass is 10.0. The van der Waals surface area contributed by atoms with Crippen LogP contribution in [0.15, 0.2) is 0 Å². The number of amides is 1. The molecule has 0 aliphatic carbocycles. The van der Waals surface area contributed by atoms with Gasteiger partial charge in [-0.2, -0.15) is 0 Å². The highest BCUT2D eigenvalue weighted by atomic mass is 16.5. The van der Waals surface area contributed by atoms with E-state index in [1.807, 2.05) is 0 Å². The summed E-state index contributed by atoms with van der Waals surface area (Å²) < 4.78 is 4.87. The molecule has 1 aliphatic rings. The van der Waals surface area contributed by atoms with E-state index in [9.17, 15) is 4.79 Å². The lowest BCUT2D eigenvalue weighted by molar-refractivity contribution is -0.120. The molecule has 0 bridgehead atoms. The van der Waals surface area contributed by atoms with Crippen LogP contribution in [0.4, 0.5) is 0 Å². The Balaban J connectivity index is 1.98. The van der Waals surface area contributed by atoms with E-state index in [0.717, 1.165) is 13.0 Å². The van der Waals surface area contributed by atoms with Gasteiger partial charge in [-0.25, -0.2) is 0 Å². The number of rotatable bonds is 8. The minimum Gasteiger partial charge on any atom is -0.383 e. The van der Waals surface area contributed by atoms with Crippen LogP contribution in [0.1, 0.15) is 25.7 Å². The largest absolute Gasteiger partial charge is 0.383 e. The molecule has 0 aromatic carbocycles. The molecule has 1 atom stereocenters. The van der Waals surface area contributed by atoms with Crippen molar-refractivity contribution in [2.45, 2.75) is 31.7 Å².